The largest absolute Gasteiger partial charge is 0.344 e. The van der Waals surface area contributed by atoms with Crippen LogP contribution in [0.5, 0.6) is 0 Å². The molecule has 0 saturated carbocycles. The molecular weight excluding hydrogens is 350 g/mol. The van der Waals surface area contributed by atoms with Crippen molar-refractivity contribution in [2.24, 2.45) is 5.73 Å². The van der Waals surface area contributed by atoms with E-state index in [9.17, 15) is 9.59 Å². The van der Waals surface area contributed by atoms with E-state index in [1.807, 2.05) is 66.7 Å². The monoisotopic (exact) mass is 373 g/mol. The first-order chi connectivity index (χ1) is 13.6. The van der Waals surface area contributed by atoms with Gasteiger partial charge in [0.05, 0.1) is 0 Å². The van der Waals surface area contributed by atoms with Crippen molar-refractivity contribution in [2.75, 3.05) is 5.32 Å². The number of benzene rings is 3. The van der Waals surface area contributed by atoms with Crippen molar-refractivity contribution >= 4 is 28.3 Å². The molecule has 0 radical (unpaired) electrons. The Bertz CT molecular complexity index is 1030. The molecule has 2 atom stereocenters. The lowest BCUT2D eigenvalue weighted by molar-refractivity contribution is -0.126. The van der Waals surface area contributed by atoms with Crippen LogP contribution in [0.15, 0.2) is 66.7 Å². The molecule has 1 aliphatic heterocycles. The number of nitrogens with one attached hydrogen (secondary N) is 2. The Hall–Kier alpha value is -3.18. The number of carbonyl (C=O) groups is 2. The van der Waals surface area contributed by atoms with Gasteiger partial charge in [0, 0.05) is 18.2 Å². The van der Waals surface area contributed by atoms with E-state index in [0.717, 1.165) is 34.0 Å². The molecule has 5 heteroatoms. The number of nitrogens with two attached hydrogens (primary N) is 1. The number of para-hydroxylation sites is 1. The van der Waals surface area contributed by atoms with Gasteiger partial charge in [-0.15, -0.1) is 0 Å². The third-order valence-corrected chi connectivity index (χ3v) is 5.26. The van der Waals surface area contributed by atoms with Crippen LogP contribution in [-0.2, 0) is 16.0 Å². The van der Waals surface area contributed by atoms with Gasteiger partial charge in [-0.1, -0.05) is 60.7 Å². The smallest absolute Gasteiger partial charge is 0.246 e. The minimum Gasteiger partial charge on any atom is -0.344 e. The highest BCUT2D eigenvalue weighted by molar-refractivity contribution is 5.98. The van der Waals surface area contributed by atoms with Gasteiger partial charge in [-0.2, -0.15) is 0 Å². The number of aryl methyl sites for hydroxylation is 1. The minimum atomic E-state index is -0.556. The summed E-state index contributed by atoms with van der Waals surface area (Å²) >= 11 is 0. The number of hydrogen-bond donors (Lipinski definition) is 3. The highest BCUT2D eigenvalue weighted by atomic mass is 16.2. The molecule has 28 heavy (non-hydrogen) atoms. The summed E-state index contributed by atoms with van der Waals surface area (Å²) in [6, 6.07) is 20.6. The Morgan fingerprint density at radius 3 is 2.71 bits per heavy atom. The Morgan fingerprint density at radius 2 is 1.82 bits per heavy atom. The van der Waals surface area contributed by atoms with E-state index in [-0.39, 0.29) is 18.2 Å². The van der Waals surface area contributed by atoms with Crippen LogP contribution in [0.2, 0.25) is 0 Å². The van der Waals surface area contributed by atoms with Crippen LogP contribution in [0.1, 0.15) is 30.0 Å². The molecule has 1 heterocycles. The normalized spacial score (nSPS) is 17.3. The van der Waals surface area contributed by atoms with Crippen molar-refractivity contribution in [3.8, 4) is 0 Å². The van der Waals surface area contributed by atoms with Crippen molar-refractivity contribution in [3.63, 3.8) is 0 Å². The summed E-state index contributed by atoms with van der Waals surface area (Å²) in [6.07, 6.45) is 1.43. The number of hydrogen-bond acceptors (Lipinski definition) is 3. The number of anilines is 1. The predicted octanol–water partition coefficient (Wildman–Crippen LogP) is 3.30. The second kappa shape index (κ2) is 7.82. The van der Waals surface area contributed by atoms with Crippen molar-refractivity contribution in [1.82, 2.24) is 5.32 Å². The van der Waals surface area contributed by atoms with Crippen molar-refractivity contribution < 1.29 is 9.59 Å². The maximum absolute atomic E-state index is 12.6. The van der Waals surface area contributed by atoms with Gasteiger partial charge < -0.3 is 16.4 Å². The first kappa shape index (κ1) is 18.2. The quantitative estimate of drug-likeness (QED) is 0.656. The summed E-state index contributed by atoms with van der Waals surface area (Å²) in [4.78, 5) is 25.1. The van der Waals surface area contributed by atoms with E-state index in [0.29, 0.717) is 6.42 Å². The zero-order valence-corrected chi connectivity index (χ0v) is 15.5. The molecule has 0 fully saturated rings. The first-order valence-corrected chi connectivity index (χ1v) is 9.53. The van der Waals surface area contributed by atoms with Crippen molar-refractivity contribution in [3.05, 3.63) is 77.9 Å². The minimum absolute atomic E-state index is 0.130. The van der Waals surface area contributed by atoms with Gasteiger partial charge in [-0.3, -0.25) is 9.59 Å². The summed E-state index contributed by atoms with van der Waals surface area (Å²) < 4.78 is 0. The van der Waals surface area contributed by atoms with Crippen LogP contribution < -0.4 is 16.4 Å². The summed E-state index contributed by atoms with van der Waals surface area (Å²) in [5.41, 5.74) is 9.18. The molecule has 5 nitrogen and oxygen atoms in total. The van der Waals surface area contributed by atoms with Gasteiger partial charge in [-0.05, 0) is 40.8 Å². The molecule has 0 aromatic heterocycles. The third kappa shape index (κ3) is 3.75. The molecule has 1 aliphatic rings. The molecule has 0 bridgehead atoms. The number of fused-ring (bicyclic) bond motifs is 2. The van der Waals surface area contributed by atoms with Gasteiger partial charge >= 0.3 is 0 Å². The van der Waals surface area contributed by atoms with Gasteiger partial charge in [-0.25, -0.2) is 0 Å². The lowest BCUT2D eigenvalue weighted by atomic mass is 9.97. The molecular formula is C23H23N3O2. The molecule has 3 aromatic rings. The highest BCUT2D eigenvalue weighted by Gasteiger charge is 2.25. The molecule has 142 valence electrons. The van der Waals surface area contributed by atoms with E-state index < -0.39 is 12.1 Å². The Labute approximate surface area is 163 Å². The van der Waals surface area contributed by atoms with Gasteiger partial charge in [0.2, 0.25) is 11.8 Å². The Balaban J connectivity index is 1.43. The van der Waals surface area contributed by atoms with E-state index in [1.54, 1.807) is 0 Å². The third-order valence-electron chi connectivity index (χ3n) is 5.26. The summed E-state index contributed by atoms with van der Waals surface area (Å²) in [6.45, 7) is 0. The van der Waals surface area contributed by atoms with Crippen molar-refractivity contribution in [1.29, 1.82) is 0 Å². The summed E-state index contributed by atoms with van der Waals surface area (Å²) in [7, 11) is 0. The molecule has 4 N–H and O–H groups in total. The van der Waals surface area contributed by atoms with Crippen LogP contribution in [0.3, 0.4) is 0 Å². The van der Waals surface area contributed by atoms with Crippen LogP contribution in [0.4, 0.5) is 5.69 Å². The summed E-state index contributed by atoms with van der Waals surface area (Å²) in [5.74, 6) is -0.399. The lowest BCUT2D eigenvalue weighted by Crippen LogP contribution is -2.44. The SMILES string of the molecule is NC(CC(=O)N[C@H]1CCc2ccccc2NC1=O)c1cccc2ccccc12. The zero-order chi connectivity index (χ0) is 19.5. The van der Waals surface area contributed by atoms with E-state index in [4.69, 9.17) is 5.73 Å². The van der Waals surface area contributed by atoms with E-state index in [2.05, 4.69) is 10.6 Å². The molecule has 3 aromatic carbocycles. The van der Waals surface area contributed by atoms with Crippen LogP contribution in [0, 0.1) is 0 Å². The average molecular weight is 373 g/mol. The van der Waals surface area contributed by atoms with E-state index >= 15 is 0 Å². The first-order valence-electron chi connectivity index (χ1n) is 9.53. The van der Waals surface area contributed by atoms with Crippen LogP contribution >= 0.6 is 0 Å². The Morgan fingerprint density at radius 1 is 1.07 bits per heavy atom. The number of amides is 2. The lowest BCUT2D eigenvalue weighted by Gasteiger charge is -2.18. The average Bonchev–Trinajstić information content (AvgIpc) is 2.86. The molecule has 0 spiro atoms. The fraction of sp³-hybridized carbons (Fsp3) is 0.217. The highest BCUT2D eigenvalue weighted by Crippen LogP contribution is 2.25. The van der Waals surface area contributed by atoms with Gasteiger partial charge in [0.15, 0.2) is 0 Å². The fourth-order valence-corrected chi connectivity index (χ4v) is 3.79. The van der Waals surface area contributed by atoms with E-state index in [1.165, 1.54) is 0 Å². The number of rotatable bonds is 4. The molecule has 1 unspecified atom stereocenters. The maximum atomic E-state index is 12.6. The fourth-order valence-electron chi connectivity index (χ4n) is 3.79. The standard InChI is InChI=1S/C23H23N3O2/c24-19(18-10-5-8-15-6-1-3-9-17(15)18)14-22(27)25-21-13-12-16-7-2-4-11-20(16)26-23(21)28/h1-11,19,21H,12-14,24H2,(H,25,27)(H,26,28)/t19?,21-/m0/s1. The van der Waals surface area contributed by atoms with Crippen molar-refractivity contribution in [2.45, 2.75) is 31.3 Å². The molecule has 0 saturated heterocycles. The second-order valence-corrected chi connectivity index (χ2v) is 7.18. The number of carbonyl (C=O) groups excluding carboxylic acids is 2. The predicted molar refractivity (Wildman–Crippen MR) is 111 cm³/mol. The second-order valence-electron chi connectivity index (χ2n) is 7.18. The van der Waals surface area contributed by atoms with Gasteiger partial charge in [0.1, 0.15) is 6.04 Å². The topological polar surface area (TPSA) is 84.2 Å². The molecule has 2 amide bonds. The maximum Gasteiger partial charge on any atom is 0.246 e. The summed E-state index contributed by atoms with van der Waals surface area (Å²) in [5, 5.41) is 7.91. The van der Waals surface area contributed by atoms with Gasteiger partial charge in [0.25, 0.3) is 0 Å². The molecule has 0 aliphatic carbocycles. The Kier molecular flexibility index (Phi) is 5.08. The molecule has 4 rings (SSSR count). The van der Waals surface area contributed by atoms with Crippen LogP contribution in [-0.4, -0.2) is 17.9 Å². The zero-order valence-electron chi connectivity index (χ0n) is 15.5. The van der Waals surface area contributed by atoms with Crippen LogP contribution in [0.25, 0.3) is 10.8 Å².